The molecule has 4 nitrogen and oxygen atoms in total. The van der Waals surface area contributed by atoms with Gasteiger partial charge in [-0.15, -0.1) is 5.10 Å². The fraction of sp³-hybridized carbons (Fsp3) is 0.700. The number of aldehydes is 1. The zero-order valence-electron chi connectivity index (χ0n) is 8.26. The second-order valence-corrected chi connectivity index (χ2v) is 5.31. The van der Waals surface area contributed by atoms with E-state index in [1.807, 2.05) is 0 Å². The molecule has 0 N–H and O–H groups in total. The zero-order valence-corrected chi connectivity index (χ0v) is 9.07. The maximum Gasteiger partial charge on any atom is 0.129 e. The Labute approximate surface area is 91.8 Å². The van der Waals surface area contributed by atoms with Gasteiger partial charge in [-0.1, -0.05) is 4.49 Å². The monoisotopic (exact) mass is 224 g/mol. The van der Waals surface area contributed by atoms with E-state index in [0.717, 1.165) is 36.8 Å². The topological polar surface area (TPSA) is 52.1 Å². The number of nitrogens with zero attached hydrogens (tertiary/aromatic N) is 2. The molecule has 2 saturated heterocycles. The van der Waals surface area contributed by atoms with Crippen LogP contribution in [-0.2, 0) is 16.0 Å². The van der Waals surface area contributed by atoms with Crippen molar-refractivity contribution in [1.82, 2.24) is 9.59 Å². The average molecular weight is 224 g/mol. The Morgan fingerprint density at radius 3 is 3.13 bits per heavy atom. The summed E-state index contributed by atoms with van der Waals surface area (Å²) in [6, 6.07) is 0. The van der Waals surface area contributed by atoms with E-state index in [1.54, 1.807) is 6.20 Å². The van der Waals surface area contributed by atoms with Gasteiger partial charge in [-0.05, 0) is 37.2 Å². The van der Waals surface area contributed by atoms with Crippen molar-refractivity contribution in [3.8, 4) is 0 Å². The molecule has 0 amide bonds. The number of ether oxygens (including phenoxy) is 1. The highest BCUT2D eigenvalue weighted by atomic mass is 32.1. The van der Waals surface area contributed by atoms with Gasteiger partial charge >= 0.3 is 0 Å². The van der Waals surface area contributed by atoms with Gasteiger partial charge in [0.25, 0.3) is 0 Å². The lowest BCUT2D eigenvalue weighted by Gasteiger charge is -2.28. The predicted molar refractivity (Wildman–Crippen MR) is 54.6 cm³/mol. The van der Waals surface area contributed by atoms with E-state index in [4.69, 9.17) is 4.74 Å². The molecule has 5 heteroatoms. The zero-order chi connectivity index (χ0) is 10.3. The van der Waals surface area contributed by atoms with Crippen LogP contribution in [0.3, 0.4) is 0 Å². The lowest BCUT2D eigenvalue weighted by Crippen LogP contribution is -2.35. The lowest BCUT2D eigenvalue weighted by molar-refractivity contribution is -0.118. The van der Waals surface area contributed by atoms with Crippen LogP contribution >= 0.6 is 11.5 Å². The van der Waals surface area contributed by atoms with Crippen LogP contribution in [0.2, 0.25) is 0 Å². The maximum absolute atomic E-state index is 11.3. The molecule has 2 bridgehead atoms. The summed E-state index contributed by atoms with van der Waals surface area (Å²) in [7, 11) is 0. The average Bonchev–Trinajstić information content (AvgIpc) is 2.93. The SMILES string of the molecule is O=CC1(Cc2cnns2)CC2CCC1O2. The van der Waals surface area contributed by atoms with Crippen molar-refractivity contribution in [2.45, 2.75) is 37.9 Å². The molecule has 15 heavy (non-hydrogen) atoms. The van der Waals surface area contributed by atoms with Gasteiger partial charge in [0.05, 0.1) is 23.8 Å². The molecule has 0 aromatic carbocycles. The summed E-state index contributed by atoms with van der Waals surface area (Å²) in [4.78, 5) is 12.4. The Morgan fingerprint density at radius 1 is 1.67 bits per heavy atom. The van der Waals surface area contributed by atoms with E-state index >= 15 is 0 Å². The van der Waals surface area contributed by atoms with Crippen LogP contribution in [0.15, 0.2) is 6.20 Å². The second kappa shape index (κ2) is 3.35. The third-order valence-corrected chi connectivity index (χ3v) is 4.16. The van der Waals surface area contributed by atoms with Gasteiger partial charge in [0.15, 0.2) is 0 Å². The van der Waals surface area contributed by atoms with Gasteiger partial charge in [-0.3, -0.25) is 0 Å². The Morgan fingerprint density at radius 2 is 2.60 bits per heavy atom. The van der Waals surface area contributed by atoms with E-state index in [-0.39, 0.29) is 11.5 Å². The van der Waals surface area contributed by atoms with E-state index in [9.17, 15) is 4.79 Å². The Balaban J connectivity index is 1.85. The smallest absolute Gasteiger partial charge is 0.129 e. The van der Waals surface area contributed by atoms with Crippen molar-refractivity contribution >= 4 is 17.8 Å². The Bertz CT molecular complexity index is 368. The molecule has 80 valence electrons. The molecule has 1 aromatic rings. The van der Waals surface area contributed by atoms with Gasteiger partial charge in [0.2, 0.25) is 0 Å². The number of carbonyl (C=O) groups excluding carboxylic acids is 1. The third-order valence-electron chi connectivity index (χ3n) is 3.50. The van der Waals surface area contributed by atoms with Crippen LogP contribution < -0.4 is 0 Å². The summed E-state index contributed by atoms with van der Waals surface area (Å²) < 4.78 is 9.59. The Hall–Kier alpha value is -0.810. The number of hydrogen-bond donors (Lipinski definition) is 0. The molecule has 0 spiro atoms. The van der Waals surface area contributed by atoms with Crippen molar-refractivity contribution < 1.29 is 9.53 Å². The van der Waals surface area contributed by atoms with Crippen LogP contribution in [0, 0.1) is 5.41 Å². The number of hydrogen-bond acceptors (Lipinski definition) is 5. The van der Waals surface area contributed by atoms with E-state index in [2.05, 4.69) is 9.59 Å². The third kappa shape index (κ3) is 1.41. The molecule has 3 unspecified atom stereocenters. The molecular weight excluding hydrogens is 212 g/mol. The fourth-order valence-corrected chi connectivity index (χ4v) is 3.40. The summed E-state index contributed by atoms with van der Waals surface area (Å²) in [5, 5.41) is 3.80. The molecule has 3 rings (SSSR count). The van der Waals surface area contributed by atoms with Crippen molar-refractivity contribution in [3.63, 3.8) is 0 Å². The molecule has 1 aromatic heterocycles. The van der Waals surface area contributed by atoms with Gasteiger partial charge < -0.3 is 9.53 Å². The highest BCUT2D eigenvalue weighted by Gasteiger charge is 2.52. The van der Waals surface area contributed by atoms with Crippen molar-refractivity contribution in [3.05, 3.63) is 11.1 Å². The van der Waals surface area contributed by atoms with Gasteiger partial charge in [0.1, 0.15) is 6.29 Å². The molecular formula is C10H12N2O2S. The minimum absolute atomic E-state index is 0.127. The van der Waals surface area contributed by atoms with E-state index in [1.165, 1.54) is 11.5 Å². The predicted octanol–water partition coefficient (Wildman–Crippen LogP) is 1.22. The highest BCUT2D eigenvalue weighted by Crippen LogP contribution is 2.48. The van der Waals surface area contributed by atoms with Crippen LogP contribution in [0.5, 0.6) is 0 Å². The first kappa shape index (κ1) is 9.42. The van der Waals surface area contributed by atoms with Gasteiger partial charge in [-0.2, -0.15) is 0 Å². The summed E-state index contributed by atoms with van der Waals surface area (Å²) >= 11 is 1.38. The number of fused-ring (bicyclic) bond motifs is 2. The summed E-state index contributed by atoms with van der Waals surface area (Å²) in [6.45, 7) is 0. The summed E-state index contributed by atoms with van der Waals surface area (Å²) in [6.07, 6.45) is 7.03. The van der Waals surface area contributed by atoms with Crippen LogP contribution in [0.4, 0.5) is 0 Å². The molecule has 0 aliphatic carbocycles. The largest absolute Gasteiger partial charge is 0.374 e. The van der Waals surface area contributed by atoms with Crippen molar-refractivity contribution in [2.24, 2.45) is 5.41 Å². The summed E-state index contributed by atoms with van der Waals surface area (Å²) in [5.41, 5.74) is -0.295. The molecule has 0 saturated carbocycles. The first-order valence-electron chi connectivity index (χ1n) is 5.20. The van der Waals surface area contributed by atoms with Gasteiger partial charge in [-0.25, -0.2) is 0 Å². The molecule has 3 atom stereocenters. The minimum atomic E-state index is -0.295. The lowest BCUT2D eigenvalue weighted by atomic mass is 9.72. The second-order valence-electron chi connectivity index (χ2n) is 4.44. The molecule has 0 radical (unpaired) electrons. The molecule has 3 heterocycles. The van der Waals surface area contributed by atoms with Crippen LogP contribution in [0.25, 0.3) is 0 Å². The highest BCUT2D eigenvalue weighted by molar-refractivity contribution is 7.05. The number of carbonyl (C=O) groups is 1. The first-order chi connectivity index (χ1) is 7.32. The van der Waals surface area contributed by atoms with Crippen LogP contribution in [0.1, 0.15) is 24.1 Å². The number of aromatic nitrogens is 2. The minimum Gasteiger partial charge on any atom is -0.374 e. The normalized spacial score (nSPS) is 38.4. The van der Waals surface area contributed by atoms with Gasteiger partial charge in [0, 0.05) is 4.88 Å². The standard InChI is InChI=1S/C10H12N2O2S/c13-6-10(4-8-5-11-12-15-8)3-7-1-2-9(10)14-7/h5-7,9H,1-4H2. The van der Waals surface area contributed by atoms with E-state index in [0.29, 0.717) is 6.10 Å². The fourth-order valence-electron chi connectivity index (χ4n) is 2.78. The summed E-state index contributed by atoms with van der Waals surface area (Å²) in [5.74, 6) is 0. The maximum atomic E-state index is 11.3. The number of rotatable bonds is 3. The first-order valence-corrected chi connectivity index (χ1v) is 5.98. The Kier molecular flexibility index (Phi) is 2.10. The molecule has 2 aliphatic heterocycles. The van der Waals surface area contributed by atoms with Crippen molar-refractivity contribution in [1.29, 1.82) is 0 Å². The molecule has 2 fully saturated rings. The van der Waals surface area contributed by atoms with Crippen molar-refractivity contribution in [2.75, 3.05) is 0 Å². The molecule has 2 aliphatic rings. The quantitative estimate of drug-likeness (QED) is 0.724. The van der Waals surface area contributed by atoms with Crippen LogP contribution in [-0.4, -0.2) is 28.1 Å². The van der Waals surface area contributed by atoms with E-state index < -0.39 is 0 Å².